The zero-order chi connectivity index (χ0) is 14.1. The van der Waals surface area contributed by atoms with E-state index in [1.54, 1.807) is 0 Å². The predicted molar refractivity (Wildman–Crippen MR) is 74.1 cm³/mol. The number of hydrogen-bond acceptors (Lipinski definition) is 2. The molecule has 0 aromatic heterocycles. The molecule has 19 heavy (non-hydrogen) atoms. The number of carbonyl (C=O) groups excluding carboxylic acids is 1. The van der Waals surface area contributed by atoms with Crippen molar-refractivity contribution in [1.29, 1.82) is 0 Å². The largest absolute Gasteiger partial charge is 0.481 e. The molecule has 2 N–H and O–H groups in total. The molecule has 1 unspecified atom stereocenters. The van der Waals surface area contributed by atoms with E-state index in [1.807, 2.05) is 4.90 Å². The van der Waals surface area contributed by atoms with Crippen LogP contribution in [-0.2, 0) is 4.79 Å². The summed E-state index contributed by atoms with van der Waals surface area (Å²) < 4.78 is 0. The van der Waals surface area contributed by atoms with Crippen molar-refractivity contribution in [1.82, 2.24) is 10.2 Å². The van der Waals surface area contributed by atoms with E-state index in [0.29, 0.717) is 19.0 Å². The number of carboxylic acid groups (broad SMARTS) is 1. The summed E-state index contributed by atoms with van der Waals surface area (Å²) in [6.45, 7) is 3.64. The van der Waals surface area contributed by atoms with Crippen LogP contribution in [0.1, 0.15) is 58.3 Å². The van der Waals surface area contributed by atoms with Crippen LogP contribution in [0.3, 0.4) is 0 Å². The minimum absolute atomic E-state index is 0.0461. The Balaban J connectivity index is 2.14. The lowest BCUT2D eigenvalue weighted by Gasteiger charge is -2.35. The van der Waals surface area contributed by atoms with Crippen LogP contribution in [0.2, 0.25) is 0 Å². The summed E-state index contributed by atoms with van der Waals surface area (Å²) in [7, 11) is 0. The molecule has 0 saturated carbocycles. The third kappa shape index (κ3) is 5.94. The second-order valence-electron chi connectivity index (χ2n) is 5.19. The third-order valence-corrected chi connectivity index (χ3v) is 3.70. The summed E-state index contributed by atoms with van der Waals surface area (Å²) in [5, 5.41) is 11.5. The Morgan fingerprint density at radius 2 is 2.05 bits per heavy atom. The van der Waals surface area contributed by atoms with Crippen molar-refractivity contribution >= 4 is 12.0 Å². The van der Waals surface area contributed by atoms with E-state index in [-0.39, 0.29) is 12.5 Å². The number of carboxylic acids is 1. The van der Waals surface area contributed by atoms with Crippen LogP contribution in [0.25, 0.3) is 0 Å². The lowest BCUT2D eigenvalue weighted by atomic mass is 10.0. The molecule has 0 aliphatic carbocycles. The van der Waals surface area contributed by atoms with E-state index < -0.39 is 5.97 Å². The lowest BCUT2D eigenvalue weighted by molar-refractivity contribution is -0.137. The van der Waals surface area contributed by atoms with Gasteiger partial charge in [0, 0.05) is 25.6 Å². The van der Waals surface area contributed by atoms with Crippen LogP contribution in [0, 0.1) is 0 Å². The Hall–Kier alpha value is -1.26. The molecule has 1 rings (SSSR count). The quantitative estimate of drug-likeness (QED) is 0.699. The molecule has 110 valence electrons. The standard InChI is InChI=1S/C14H26N2O3/c1-2-12-8-5-7-11-16(12)14(19)15-10-6-3-4-9-13(17)18/h12H,2-11H2,1H3,(H,15,19)(H,17,18). The van der Waals surface area contributed by atoms with Crippen molar-refractivity contribution < 1.29 is 14.7 Å². The van der Waals surface area contributed by atoms with Gasteiger partial charge in [-0.1, -0.05) is 13.3 Å². The Morgan fingerprint density at radius 3 is 2.74 bits per heavy atom. The molecule has 0 bridgehead atoms. The second kappa shape index (κ2) is 8.77. The molecular formula is C14H26N2O3. The molecule has 5 heteroatoms. The Kier molecular flexibility index (Phi) is 7.30. The first-order valence-electron chi connectivity index (χ1n) is 7.41. The van der Waals surface area contributed by atoms with E-state index >= 15 is 0 Å². The van der Waals surface area contributed by atoms with Crippen molar-refractivity contribution in [3.63, 3.8) is 0 Å². The van der Waals surface area contributed by atoms with E-state index in [2.05, 4.69) is 12.2 Å². The molecule has 0 spiro atoms. The number of aliphatic carboxylic acids is 1. The fourth-order valence-electron chi connectivity index (χ4n) is 2.57. The number of rotatable bonds is 7. The smallest absolute Gasteiger partial charge is 0.317 e. The number of urea groups is 1. The van der Waals surface area contributed by atoms with Gasteiger partial charge in [-0.2, -0.15) is 0 Å². The summed E-state index contributed by atoms with van der Waals surface area (Å²) in [5.41, 5.74) is 0. The van der Waals surface area contributed by atoms with Gasteiger partial charge in [-0.15, -0.1) is 0 Å². The summed E-state index contributed by atoms with van der Waals surface area (Å²) >= 11 is 0. The monoisotopic (exact) mass is 270 g/mol. The predicted octanol–water partition coefficient (Wildman–Crippen LogP) is 2.61. The van der Waals surface area contributed by atoms with E-state index in [1.165, 1.54) is 6.42 Å². The van der Waals surface area contributed by atoms with Gasteiger partial charge in [0.2, 0.25) is 0 Å². The van der Waals surface area contributed by atoms with Crippen LogP contribution in [0.15, 0.2) is 0 Å². The van der Waals surface area contributed by atoms with Crippen LogP contribution in [0.5, 0.6) is 0 Å². The van der Waals surface area contributed by atoms with Crippen LogP contribution in [-0.4, -0.2) is 41.1 Å². The summed E-state index contributed by atoms with van der Waals surface area (Å²) in [6.07, 6.45) is 7.06. The van der Waals surface area contributed by atoms with Gasteiger partial charge < -0.3 is 15.3 Å². The molecule has 5 nitrogen and oxygen atoms in total. The van der Waals surface area contributed by atoms with Gasteiger partial charge in [0.05, 0.1) is 0 Å². The molecule has 1 aliphatic rings. The number of piperidine rings is 1. The molecule has 0 aromatic rings. The van der Waals surface area contributed by atoms with Crippen LogP contribution in [0.4, 0.5) is 4.79 Å². The minimum atomic E-state index is -0.747. The lowest BCUT2D eigenvalue weighted by Crippen LogP contribution is -2.48. The highest BCUT2D eigenvalue weighted by atomic mass is 16.4. The fraction of sp³-hybridized carbons (Fsp3) is 0.857. The van der Waals surface area contributed by atoms with Crippen LogP contribution < -0.4 is 5.32 Å². The first-order chi connectivity index (χ1) is 9.15. The van der Waals surface area contributed by atoms with Crippen LogP contribution >= 0.6 is 0 Å². The molecule has 0 aromatic carbocycles. The van der Waals surface area contributed by atoms with E-state index in [0.717, 1.165) is 38.6 Å². The van der Waals surface area contributed by atoms with Gasteiger partial charge in [-0.3, -0.25) is 4.79 Å². The van der Waals surface area contributed by atoms with Gasteiger partial charge >= 0.3 is 12.0 Å². The van der Waals surface area contributed by atoms with Crippen molar-refractivity contribution in [2.75, 3.05) is 13.1 Å². The Morgan fingerprint density at radius 1 is 1.26 bits per heavy atom. The average molecular weight is 270 g/mol. The normalized spacial score (nSPS) is 19.2. The fourth-order valence-corrected chi connectivity index (χ4v) is 2.57. The van der Waals surface area contributed by atoms with Crippen molar-refractivity contribution in [2.45, 2.75) is 64.3 Å². The van der Waals surface area contributed by atoms with Crippen molar-refractivity contribution in [2.24, 2.45) is 0 Å². The Bertz CT molecular complexity index is 294. The Labute approximate surface area is 115 Å². The number of carbonyl (C=O) groups is 2. The van der Waals surface area contributed by atoms with Gasteiger partial charge in [0.25, 0.3) is 0 Å². The molecule has 0 radical (unpaired) electrons. The second-order valence-corrected chi connectivity index (χ2v) is 5.19. The maximum Gasteiger partial charge on any atom is 0.317 e. The van der Waals surface area contributed by atoms with Gasteiger partial charge in [-0.05, 0) is 38.5 Å². The summed E-state index contributed by atoms with van der Waals surface area (Å²) in [5.74, 6) is -0.747. The molecule has 1 aliphatic heterocycles. The third-order valence-electron chi connectivity index (χ3n) is 3.70. The maximum absolute atomic E-state index is 12.0. The molecule has 2 amide bonds. The average Bonchev–Trinajstić information content (AvgIpc) is 2.42. The number of nitrogens with one attached hydrogen (secondary N) is 1. The molecular weight excluding hydrogens is 244 g/mol. The minimum Gasteiger partial charge on any atom is -0.481 e. The topological polar surface area (TPSA) is 69.6 Å². The van der Waals surface area contributed by atoms with Crippen molar-refractivity contribution in [3.8, 4) is 0 Å². The first kappa shape index (κ1) is 15.8. The number of unbranched alkanes of at least 4 members (excludes halogenated alkanes) is 2. The SMILES string of the molecule is CCC1CCCCN1C(=O)NCCCCCC(=O)O. The van der Waals surface area contributed by atoms with E-state index in [4.69, 9.17) is 5.11 Å². The first-order valence-corrected chi connectivity index (χ1v) is 7.41. The van der Waals surface area contributed by atoms with Crippen molar-refractivity contribution in [3.05, 3.63) is 0 Å². The highest BCUT2D eigenvalue weighted by molar-refractivity contribution is 5.74. The number of likely N-dealkylation sites (tertiary alicyclic amines) is 1. The number of nitrogens with zero attached hydrogens (tertiary/aromatic N) is 1. The van der Waals surface area contributed by atoms with Gasteiger partial charge in [0.15, 0.2) is 0 Å². The van der Waals surface area contributed by atoms with Gasteiger partial charge in [-0.25, -0.2) is 4.79 Å². The molecule has 1 atom stereocenters. The number of amides is 2. The molecule has 1 fully saturated rings. The molecule has 1 heterocycles. The van der Waals surface area contributed by atoms with Gasteiger partial charge in [0.1, 0.15) is 0 Å². The van der Waals surface area contributed by atoms with E-state index in [9.17, 15) is 9.59 Å². The maximum atomic E-state index is 12.0. The molecule has 1 saturated heterocycles. The zero-order valence-electron chi connectivity index (χ0n) is 11.9. The summed E-state index contributed by atoms with van der Waals surface area (Å²) in [6, 6.07) is 0.436. The zero-order valence-corrected chi connectivity index (χ0v) is 11.9. The summed E-state index contributed by atoms with van der Waals surface area (Å²) in [4.78, 5) is 24.3. The highest BCUT2D eigenvalue weighted by Gasteiger charge is 2.24. The highest BCUT2D eigenvalue weighted by Crippen LogP contribution is 2.19. The number of hydrogen-bond donors (Lipinski definition) is 2.